The van der Waals surface area contributed by atoms with Gasteiger partial charge >= 0.3 is 5.97 Å². The fraction of sp³-hybridized carbons (Fsp3) is 0.417. The van der Waals surface area contributed by atoms with Crippen LogP contribution in [0.3, 0.4) is 0 Å². The van der Waals surface area contributed by atoms with Crippen molar-refractivity contribution in [3.8, 4) is 0 Å². The number of nitrogens with zero attached hydrogens (tertiary/aromatic N) is 1. The maximum atomic E-state index is 10.7. The van der Waals surface area contributed by atoms with E-state index in [9.17, 15) is 4.79 Å². The van der Waals surface area contributed by atoms with Gasteiger partial charge in [0, 0.05) is 18.8 Å². The van der Waals surface area contributed by atoms with Crippen molar-refractivity contribution < 1.29 is 14.6 Å². The maximum absolute atomic E-state index is 10.7. The molecule has 3 N–H and O–H groups in total. The molecule has 1 aliphatic rings. The zero-order valence-corrected chi connectivity index (χ0v) is 9.50. The molecule has 5 nitrogen and oxygen atoms in total. The second kappa shape index (κ2) is 5.16. The number of ether oxygens (including phenoxy) is 1. The molecule has 1 fully saturated rings. The summed E-state index contributed by atoms with van der Waals surface area (Å²) in [4.78, 5) is 12.9. The third-order valence-electron chi connectivity index (χ3n) is 2.89. The Morgan fingerprint density at radius 1 is 1.29 bits per heavy atom. The Kier molecular flexibility index (Phi) is 3.61. The van der Waals surface area contributed by atoms with Crippen molar-refractivity contribution >= 4 is 11.7 Å². The predicted molar refractivity (Wildman–Crippen MR) is 64.0 cm³/mol. The Labute approximate surface area is 99.8 Å². The first-order valence-electron chi connectivity index (χ1n) is 5.59. The molecule has 5 heteroatoms. The van der Waals surface area contributed by atoms with E-state index in [4.69, 9.17) is 15.6 Å². The summed E-state index contributed by atoms with van der Waals surface area (Å²) in [5, 5.41) is 8.80. The van der Waals surface area contributed by atoms with Crippen LogP contribution in [0, 0.1) is 0 Å². The highest BCUT2D eigenvalue weighted by Gasteiger charge is 2.15. The van der Waals surface area contributed by atoms with E-state index in [2.05, 4.69) is 4.90 Å². The minimum absolute atomic E-state index is 0.620. The van der Waals surface area contributed by atoms with Gasteiger partial charge in [-0.05, 0) is 17.7 Å². The van der Waals surface area contributed by atoms with Crippen LogP contribution in [-0.2, 0) is 9.53 Å². The smallest absolute Gasteiger partial charge is 0.325 e. The molecule has 1 saturated heterocycles. The number of carbonyl (C=O) groups is 1. The summed E-state index contributed by atoms with van der Waals surface area (Å²) in [6, 6.07) is 6.40. The molecule has 17 heavy (non-hydrogen) atoms. The summed E-state index contributed by atoms with van der Waals surface area (Å²) < 4.78 is 5.28. The number of carboxylic acid groups (broad SMARTS) is 1. The molecule has 0 amide bonds. The molecule has 0 aromatic heterocycles. The highest BCUT2D eigenvalue weighted by Crippen LogP contribution is 2.19. The van der Waals surface area contributed by atoms with Crippen LogP contribution in [0.1, 0.15) is 11.6 Å². The molecule has 0 bridgehead atoms. The number of anilines is 1. The van der Waals surface area contributed by atoms with E-state index in [1.54, 1.807) is 12.1 Å². The number of nitrogens with two attached hydrogens (primary N) is 1. The number of hydrogen-bond donors (Lipinski definition) is 2. The van der Waals surface area contributed by atoms with Crippen LogP contribution in [0.15, 0.2) is 24.3 Å². The van der Waals surface area contributed by atoms with Gasteiger partial charge in [0.05, 0.1) is 13.2 Å². The normalized spacial score (nSPS) is 17.8. The van der Waals surface area contributed by atoms with Crippen LogP contribution in [0.25, 0.3) is 0 Å². The number of aliphatic carboxylic acids is 1. The van der Waals surface area contributed by atoms with Crippen molar-refractivity contribution in [3.63, 3.8) is 0 Å². The average Bonchev–Trinajstić information content (AvgIpc) is 2.39. The Morgan fingerprint density at radius 2 is 1.88 bits per heavy atom. The van der Waals surface area contributed by atoms with Crippen LogP contribution < -0.4 is 10.6 Å². The van der Waals surface area contributed by atoms with Crippen molar-refractivity contribution in [2.75, 3.05) is 31.2 Å². The Morgan fingerprint density at radius 3 is 2.41 bits per heavy atom. The molecule has 92 valence electrons. The molecule has 1 unspecified atom stereocenters. The van der Waals surface area contributed by atoms with Crippen LogP contribution in [0.2, 0.25) is 0 Å². The lowest BCUT2D eigenvalue weighted by molar-refractivity contribution is -0.138. The van der Waals surface area contributed by atoms with Crippen LogP contribution >= 0.6 is 0 Å². The van der Waals surface area contributed by atoms with Gasteiger partial charge in [-0.2, -0.15) is 0 Å². The highest BCUT2D eigenvalue weighted by molar-refractivity contribution is 5.75. The number of benzene rings is 1. The van der Waals surface area contributed by atoms with Crippen molar-refractivity contribution in [1.29, 1.82) is 0 Å². The average molecular weight is 236 g/mol. The van der Waals surface area contributed by atoms with Gasteiger partial charge in [0.15, 0.2) is 0 Å². The summed E-state index contributed by atoms with van der Waals surface area (Å²) in [5.74, 6) is -1.01. The first kappa shape index (κ1) is 11.9. The largest absolute Gasteiger partial charge is 0.480 e. The van der Waals surface area contributed by atoms with Gasteiger partial charge in [-0.25, -0.2) is 0 Å². The van der Waals surface area contributed by atoms with Crippen LogP contribution in [-0.4, -0.2) is 37.4 Å². The lowest BCUT2D eigenvalue weighted by Gasteiger charge is -2.29. The lowest BCUT2D eigenvalue weighted by atomic mass is 10.1. The monoisotopic (exact) mass is 236 g/mol. The quantitative estimate of drug-likeness (QED) is 0.804. The molecule has 2 rings (SSSR count). The van der Waals surface area contributed by atoms with Gasteiger partial charge in [-0.1, -0.05) is 12.1 Å². The second-order valence-corrected chi connectivity index (χ2v) is 4.01. The summed E-state index contributed by atoms with van der Waals surface area (Å²) in [6.07, 6.45) is 0. The molecule has 0 aliphatic carbocycles. The van der Waals surface area contributed by atoms with E-state index in [-0.39, 0.29) is 0 Å². The van der Waals surface area contributed by atoms with E-state index < -0.39 is 12.0 Å². The van der Waals surface area contributed by atoms with Crippen molar-refractivity contribution in [2.45, 2.75) is 6.04 Å². The Bertz CT molecular complexity index is 385. The number of hydrogen-bond acceptors (Lipinski definition) is 4. The third-order valence-corrected chi connectivity index (χ3v) is 2.89. The molecule has 1 heterocycles. The molecule has 1 aliphatic heterocycles. The zero-order chi connectivity index (χ0) is 12.3. The van der Waals surface area contributed by atoms with E-state index in [0.29, 0.717) is 5.56 Å². The van der Waals surface area contributed by atoms with Crippen molar-refractivity contribution in [3.05, 3.63) is 29.8 Å². The standard InChI is InChI=1S/C12H16N2O3/c13-11(12(15)16)9-1-3-10(4-2-9)14-5-7-17-8-6-14/h1-4,11H,5-8,13H2,(H,15,16). The van der Waals surface area contributed by atoms with Gasteiger partial charge in [-0.3, -0.25) is 4.79 Å². The summed E-state index contributed by atoms with van der Waals surface area (Å²) in [6.45, 7) is 3.20. The van der Waals surface area contributed by atoms with Gasteiger partial charge in [0.2, 0.25) is 0 Å². The fourth-order valence-corrected chi connectivity index (χ4v) is 1.86. The number of morpholine rings is 1. The van der Waals surface area contributed by atoms with E-state index in [1.807, 2.05) is 12.1 Å². The maximum Gasteiger partial charge on any atom is 0.325 e. The number of rotatable bonds is 3. The second-order valence-electron chi connectivity index (χ2n) is 4.01. The van der Waals surface area contributed by atoms with Gasteiger partial charge in [-0.15, -0.1) is 0 Å². The minimum atomic E-state index is -1.01. The molecule has 1 aromatic carbocycles. The molecule has 1 atom stereocenters. The first-order valence-corrected chi connectivity index (χ1v) is 5.59. The summed E-state index contributed by atoms with van der Waals surface area (Å²) in [7, 11) is 0. The number of carboxylic acids is 1. The van der Waals surface area contributed by atoms with E-state index in [0.717, 1.165) is 32.0 Å². The van der Waals surface area contributed by atoms with Gasteiger partial charge in [0.1, 0.15) is 6.04 Å². The molecular weight excluding hydrogens is 220 g/mol. The molecule has 0 saturated carbocycles. The van der Waals surface area contributed by atoms with Crippen molar-refractivity contribution in [2.24, 2.45) is 5.73 Å². The Hall–Kier alpha value is -1.59. The van der Waals surface area contributed by atoms with E-state index in [1.165, 1.54) is 0 Å². The van der Waals surface area contributed by atoms with Crippen LogP contribution in [0.4, 0.5) is 5.69 Å². The summed E-state index contributed by atoms with van der Waals surface area (Å²) in [5.41, 5.74) is 7.23. The minimum Gasteiger partial charge on any atom is -0.480 e. The molecule has 0 spiro atoms. The zero-order valence-electron chi connectivity index (χ0n) is 9.50. The Balaban J connectivity index is 2.09. The SMILES string of the molecule is NC(C(=O)O)c1ccc(N2CCOCC2)cc1. The third kappa shape index (κ3) is 2.75. The molecule has 0 radical (unpaired) electrons. The molecule has 1 aromatic rings. The topological polar surface area (TPSA) is 75.8 Å². The van der Waals surface area contributed by atoms with Gasteiger partial charge in [0.25, 0.3) is 0 Å². The fourth-order valence-electron chi connectivity index (χ4n) is 1.86. The van der Waals surface area contributed by atoms with Gasteiger partial charge < -0.3 is 20.5 Å². The van der Waals surface area contributed by atoms with E-state index >= 15 is 0 Å². The van der Waals surface area contributed by atoms with Crippen LogP contribution in [0.5, 0.6) is 0 Å². The lowest BCUT2D eigenvalue weighted by Crippen LogP contribution is -2.36. The molecular formula is C12H16N2O3. The highest BCUT2D eigenvalue weighted by atomic mass is 16.5. The summed E-state index contributed by atoms with van der Waals surface area (Å²) >= 11 is 0. The predicted octanol–water partition coefficient (Wildman–Crippen LogP) is 0.608. The first-order chi connectivity index (χ1) is 8.18. The van der Waals surface area contributed by atoms with Crippen molar-refractivity contribution in [1.82, 2.24) is 0 Å².